The molecule has 0 saturated carbocycles. The van der Waals surface area contributed by atoms with Crippen molar-refractivity contribution in [3.8, 4) is 22.6 Å². The molecule has 31 heavy (non-hydrogen) atoms. The van der Waals surface area contributed by atoms with Gasteiger partial charge in [-0.1, -0.05) is 44.2 Å². The Morgan fingerprint density at radius 2 is 1.77 bits per heavy atom. The van der Waals surface area contributed by atoms with Crippen LogP contribution in [0.25, 0.3) is 27.8 Å². The zero-order chi connectivity index (χ0) is 21.6. The van der Waals surface area contributed by atoms with Crippen LogP contribution in [0.5, 0.6) is 5.75 Å². The lowest BCUT2D eigenvalue weighted by atomic mass is 10.1. The van der Waals surface area contributed by atoms with Gasteiger partial charge in [0.2, 0.25) is 0 Å². The molecule has 0 fully saturated rings. The second-order valence-corrected chi connectivity index (χ2v) is 7.43. The summed E-state index contributed by atoms with van der Waals surface area (Å²) in [6.07, 6.45) is 4.42. The molecular formula is C25H28N4O2. The van der Waals surface area contributed by atoms with Crippen LogP contribution in [-0.2, 0) is 0 Å². The molecule has 0 radical (unpaired) electrons. The smallest absolute Gasteiger partial charge is 0.260 e. The summed E-state index contributed by atoms with van der Waals surface area (Å²) in [5.41, 5.74) is 3.26. The number of aromatic amines is 1. The summed E-state index contributed by atoms with van der Waals surface area (Å²) in [6.45, 7) is 8.22. The van der Waals surface area contributed by atoms with Gasteiger partial charge in [-0.2, -0.15) is 0 Å². The van der Waals surface area contributed by atoms with E-state index in [0.717, 1.165) is 48.6 Å². The van der Waals surface area contributed by atoms with Gasteiger partial charge in [0, 0.05) is 24.0 Å². The lowest BCUT2D eigenvalue weighted by molar-refractivity contribution is 0.249. The third-order valence-corrected chi connectivity index (χ3v) is 5.57. The Balaban J connectivity index is 1.57. The number of benzene rings is 2. The van der Waals surface area contributed by atoms with Gasteiger partial charge in [-0.25, -0.2) is 4.98 Å². The number of hydrogen-bond donors (Lipinski definition) is 1. The van der Waals surface area contributed by atoms with Gasteiger partial charge < -0.3 is 19.2 Å². The molecule has 0 aliphatic heterocycles. The molecule has 2 heterocycles. The highest BCUT2D eigenvalue weighted by Gasteiger charge is 2.15. The number of rotatable bonds is 9. The van der Waals surface area contributed by atoms with Crippen molar-refractivity contribution in [3.63, 3.8) is 0 Å². The molecule has 6 nitrogen and oxygen atoms in total. The highest BCUT2D eigenvalue weighted by atomic mass is 16.5. The first kappa shape index (κ1) is 20.9. The largest absolute Gasteiger partial charge is 0.494 e. The molecule has 0 atom stereocenters. The Morgan fingerprint density at radius 1 is 1.03 bits per heavy atom. The first-order valence-electron chi connectivity index (χ1n) is 10.8. The summed E-state index contributed by atoms with van der Waals surface area (Å²) < 4.78 is 7.87. The van der Waals surface area contributed by atoms with E-state index in [1.807, 2.05) is 65.4 Å². The number of fused-ring (bicyclic) bond motifs is 1. The van der Waals surface area contributed by atoms with Crippen LogP contribution in [0.1, 0.15) is 20.3 Å². The Morgan fingerprint density at radius 3 is 2.48 bits per heavy atom. The Labute approximate surface area is 182 Å². The Hall–Kier alpha value is -3.38. The van der Waals surface area contributed by atoms with Gasteiger partial charge in [0.1, 0.15) is 5.75 Å². The third kappa shape index (κ3) is 4.54. The van der Waals surface area contributed by atoms with Crippen LogP contribution < -0.4 is 10.3 Å². The molecule has 0 aliphatic carbocycles. The van der Waals surface area contributed by atoms with Crippen molar-refractivity contribution in [2.24, 2.45) is 0 Å². The van der Waals surface area contributed by atoms with E-state index in [2.05, 4.69) is 28.7 Å². The van der Waals surface area contributed by atoms with E-state index < -0.39 is 0 Å². The quantitative estimate of drug-likeness (QED) is 0.408. The molecule has 1 N–H and O–H groups in total. The topological polar surface area (TPSA) is 63.1 Å². The molecule has 0 amide bonds. The predicted molar refractivity (Wildman–Crippen MR) is 125 cm³/mol. The van der Waals surface area contributed by atoms with E-state index in [1.54, 1.807) is 0 Å². The second kappa shape index (κ2) is 9.62. The number of nitrogens with one attached hydrogen (secondary N) is 1. The maximum absolute atomic E-state index is 12.6. The van der Waals surface area contributed by atoms with Crippen LogP contribution in [0.2, 0.25) is 0 Å². The Kier molecular flexibility index (Phi) is 6.48. The van der Waals surface area contributed by atoms with Gasteiger partial charge >= 0.3 is 0 Å². The fraction of sp³-hybridized carbons (Fsp3) is 0.280. The summed E-state index contributed by atoms with van der Waals surface area (Å²) in [4.78, 5) is 22.2. The van der Waals surface area contributed by atoms with Crippen molar-refractivity contribution < 1.29 is 4.74 Å². The highest BCUT2D eigenvalue weighted by Crippen LogP contribution is 2.30. The normalized spacial score (nSPS) is 11.3. The molecule has 4 rings (SSSR count). The van der Waals surface area contributed by atoms with Crippen LogP contribution in [-0.4, -0.2) is 45.7 Å². The summed E-state index contributed by atoms with van der Waals surface area (Å²) in [5.74, 6) is 0.835. The number of ether oxygens (including phenoxy) is 1. The van der Waals surface area contributed by atoms with E-state index in [-0.39, 0.29) is 5.56 Å². The number of nitrogens with zero attached hydrogens (tertiary/aromatic N) is 3. The average molecular weight is 417 g/mol. The molecule has 0 unspecified atom stereocenters. The predicted octanol–water partition coefficient (Wildman–Crippen LogP) is 4.49. The zero-order valence-corrected chi connectivity index (χ0v) is 18.0. The molecule has 2 aromatic carbocycles. The fourth-order valence-corrected chi connectivity index (χ4v) is 3.82. The van der Waals surface area contributed by atoms with Gasteiger partial charge in [0.25, 0.3) is 5.56 Å². The van der Waals surface area contributed by atoms with Gasteiger partial charge in [0.15, 0.2) is 5.65 Å². The number of aromatic nitrogens is 3. The van der Waals surface area contributed by atoms with Crippen LogP contribution >= 0.6 is 0 Å². The van der Waals surface area contributed by atoms with Gasteiger partial charge in [-0.05, 0) is 49.3 Å². The molecule has 0 spiro atoms. The van der Waals surface area contributed by atoms with Crippen molar-refractivity contribution in [3.05, 3.63) is 77.5 Å². The zero-order valence-electron chi connectivity index (χ0n) is 18.0. The van der Waals surface area contributed by atoms with Crippen molar-refractivity contribution in [2.45, 2.75) is 20.3 Å². The van der Waals surface area contributed by atoms with E-state index >= 15 is 0 Å². The molecular weight excluding hydrogens is 388 g/mol. The van der Waals surface area contributed by atoms with Crippen LogP contribution in [0.4, 0.5) is 0 Å². The standard InChI is InChI=1S/C25H28N4O2/c1-3-28(4-2)15-8-16-31-21-13-11-19(12-14-21)22-17-29(20-9-6-5-7-10-20)24-23(22)25(30)27-18-26-24/h5-7,9-14,17-18H,3-4,8,15-16H2,1-2H3,(H,26,27,30). The second-order valence-electron chi connectivity index (χ2n) is 7.43. The SMILES string of the molecule is CCN(CC)CCCOc1ccc(-c2cn(-c3ccccc3)c3nc[nH]c(=O)c23)cc1. The molecule has 0 aliphatic rings. The van der Waals surface area contributed by atoms with Crippen molar-refractivity contribution in [1.29, 1.82) is 0 Å². The van der Waals surface area contributed by atoms with E-state index in [0.29, 0.717) is 17.6 Å². The highest BCUT2D eigenvalue weighted by molar-refractivity contribution is 5.94. The van der Waals surface area contributed by atoms with Gasteiger partial charge in [-0.15, -0.1) is 0 Å². The lowest BCUT2D eigenvalue weighted by Crippen LogP contribution is -2.25. The van der Waals surface area contributed by atoms with Crippen LogP contribution in [0.15, 0.2) is 71.9 Å². The summed E-state index contributed by atoms with van der Waals surface area (Å²) in [7, 11) is 0. The minimum absolute atomic E-state index is 0.147. The number of hydrogen-bond acceptors (Lipinski definition) is 4. The number of para-hydroxylation sites is 1. The summed E-state index contributed by atoms with van der Waals surface area (Å²) >= 11 is 0. The Bertz CT molecular complexity index is 1180. The number of H-pyrrole nitrogens is 1. The van der Waals surface area contributed by atoms with Crippen molar-refractivity contribution in [1.82, 2.24) is 19.4 Å². The maximum atomic E-state index is 12.6. The van der Waals surface area contributed by atoms with Gasteiger partial charge in [0.05, 0.1) is 18.3 Å². The lowest BCUT2D eigenvalue weighted by Gasteiger charge is -2.17. The molecule has 4 aromatic rings. The summed E-state index contributed by atoms with van der Waals surface area (Å²) in [6, 6.07) is 17.8. The fourth-order valence-electron chi connectivity index (χ4n) is 3.82. The van der Waals surface area contributed by atoms with Crippen LogP contribution in [0.3, 0.4) is 0 Å². The first-order chi connectivity index (χ1) is 15.2. The minimum Gasteiger partial charge on any atom is -0.494 e. The minimum atomic E-state index is -0.147. The van der Waals surface area contributed by atoms with Crippen molar-refractivity contribution in [2.75, 3.05) is 26.2 Å². The van der Waals surface area contributed by atoms with E-state index in [9.17, 15) is 4.79 Å². The molecule has 0 saturated heterocycles. The molecule has 160 valence electrons. The van der Waals surface area contributed by atoms with E-state index in [1.165, 1.54) is 6.33 Å². The third-order valence-electron chi connectivity index (χ3n) is 5.57. The average Bonchev–Trinajstić information content (AvgIpc) is 3.21. The monoisotopic (exact) mass is 416 g/mol. The maximum Gasteiger partial charge on any atom is 0.260 e. The molecule has 2 aromatic heterocycles. The van der Waals surface area contributed by atoms with E-state index in [4.69, 9.17) is 4.74 Å². The van der Waals surface area contributed by atoms with Crippen molar-refractivity contribution >= 4 is 11.0 Å². The first-order valence-corrected chi connectivity index (χ1v) is 10.8. The molecule has 6 heteroatoms. The summed E-state index contributed by atoms with van der Waals surface area (Å²) in [5, 5.41) is 0.583. The molecule has 0 bridgehead atoms. The van der Waals surface area contributed by atoms with Crippen LogP contribution in [0, 0.1) is 0 Å². The van der Waals surface area contributed by atoms with Gasteiger partial charge in [-0.3, -0.25) is 4.79 Å².